The van der Waals surface area contributed by atoms with Crippen LogP contribution in [0.3, 0.4) is 0 Å². The van der Waals surface area contributed by atoms with Crippen LogP contribution in [0.15, 0.2) is 10.7 Å². The Kier molecular flexibility index (Phi) is 3.84. The van der Waals surface area contributed by atoms with E-state index in [2.05, 4.69) is 20.9 Å². The van der Waals surface area contributed by atoms with Gasteiger partial charge in [0.15, 0.2) is 0 Å². The van der Waals surface area contributed by atoms with E-state index in [0.29, 0.717) is 0 Å². The summed E-state index contributed by atoms with van der Waals surface area (Å²) in [6.45, 7) is 0. The lowest BCUT2D eigenvalue weighted by Crippen LogP contribution is -2.04. The molecular weight excluding hydrogens is 288 g/mol. The average molecular weight is 292 g/mol. The maximum absolute atomic E-state index is 12.6. The zero-order valence-electron chi connectivity index (χ0n) is 7.65. The number of nitrogens with zero attached hydrogens (tertiary/aromatic N) is 3. The standard InChI is InChI=1S/C8H4BrF2N3O2/c9-6-3-5(14(15)16)7(8(10)11)4(13-6)1-2-12/h3,8H,1H2. The highest BCUT2D eigenvalue weighted by Gasteiger charge is 2.27. The lowest BCUT2D eigenvalue weighted by Gasteiger charge is -2.06. The quantitative estimate of drug-likeness (QED) is 0.487. The van der Waals surface area contributed by atoms with Gasteiger partial charge < -0.3 is 0 Å². The van der Waals surface area contributed by atoms with Crippen molar-refractivity contribution in [2.45, 2.75) is 12.8 Å². The van der Waals surface area contributed by atoms with Gasteiger partial charge in [-0.05, 0) is 15.9 Å². The van der Waals surface area contributed by atoms with Crippen LogP contribution in [0.4, 0.5) is 14.5 Å². The van der Waals surface area contributed by atoms with Crippen LogP contribution in [-0.4, -0.2) is 9.91 Å². The molecule has 0 aliphatic carbocycles. The minimum atomic E-state index is -3.04. The van der Waals surface area contributed by atoms with E-state index in [-0.39, 0.29) is 10.3 Å². The summed E-state index contributed by atoms with van der Waals surface area (Å²) in [5.74, 6) is 0. The Morgan fingerprint density at radius 3 is 2.75 bits per heavy atom. The van der Waals surface area contributed by atoms with Crippen molar-refractivity contribution < 1.29 is 13.7 Å². The molecule has 1 aromatic heterocycles. The SMILES string of the molecule is N#CCc1nc(Br)cc([N+](=O)[O-])c1C(F)F. The van der Waals surface area contributed by atoms with Crippen molar-refractivity contribution in [2.75, 3.05) is 0 Å². The van der Waals surface area contributed by atoms with Gasteiger partial charge in [0.2, 0.25) is 0 Å². The highest BCUT2D eigenvalue weighted by atomic mass is 79.9. The lowest BCUT2D eigenvalue weighted by atomic mass is 10.1. The molecule has 0 radical (unpaired) electrons. The molecule has 16 heavy (non-hydrogen) atoms. The first kappa shape index (κ1) is 12.4. The van der Waals surface area contributed by atoms with Crippen LogP contribution in [-0.2, 0) is 6.42 Å². The number of alkyl halides is 2. The average Bonchev–Trinajstić information content (AvgIpc) is 2.16. The molecule has 84 valence electrons. The molecule has 0 saturated carbocycles. The van der Waals surface area contributed by atoms with Crippen LogP contribution in [0, 0.1) is 21.4 Å². The lowest BCUT2D eigenvalue weighted by molar-refractivity contribution is -0.386. The third kappa shape index (κ3) is 2.49. The van der Waals surface area contributed by atoms with E-state index in [1.807, 2.05) is 0 Å². The summed E-state index contributed by atoms with van der Waals surface area (Å²) < 4.78 is 25.3. The fourth-order valence-electron chi connectivity index (χ4n) is 1.16. The van der Waals surface area contributed by atoms with Gasteiger partial charge in [0, 0.05) is 6.07 Å². The minimum absolute atomic E-state index is 0.0499. The summed E-state index contributed by atoms with van der Waals surface area (Å²) in [4.78, 5) is 13.3. The summed E-state index contributed by atoms with van der Waals surface area (Å²) in [6, 6.07) is 2.52. The second-order valence-electron chi connectivity index (χ2n) is 2.72. The van der Waals surface area contributed by atoms with Gasteiger partial charge in [-0.1, -0.05) is 0 Å². The van der Waals surface area contributed by atoms with Crippen molar-refractivity contribution in [2.24, 2.45) is 0 Å². The Hall–Kier alpha value is -1.62. The van der Waals surface area contributed by atoms with Crippen LogP contribution < -0.4 is 0 Å². The smallest absolute Gasteiger partial charge is 0.258 e. The molecule has 0 aliphatic heterocycles. The van der Waals surface area contributed by atoms with Crippen molar-refractivity contribution in [3.05, 3.63) is 32.0 Å². The summed E-state index contributed by atoms with van der Waals surface area (Å²) in [5, 5.41) is 19.0. The molecule has 0 amide bonds. The normalized spacial score (nSPS) is 10.2. The minimum Gasteiger partial charge on any atom is -0.258 e. The number of halogens is 3. The van der Waals surface area contributed by atoms with Crippen LogP contribution in [0.1, 0.15) is 17.7 Å². The highest BCUT2D eigenvalue weighted by Crippen LogP contribution is 2.33. The summed E-state index contributed by atoms with van der Waals surface area (Å²) in [7, 11) is 0. The molecule has 1 heterocycles. The van der Waals surface area contributed by atoms with Crippen LogP contribution in [0.2, 0.25) is 0 Å². The molecule has 0 atom stereocenters. The van der Waals surface area contributed by atoms with Gasteiger partial charge in [0.1, 0.15) is 10.2 Å². The third-order valence-electron chi connectivity index (χ3n) is 1.75. The predicted molar refractivity (Wildman–Crippen MR) is 52.9 cm³/mol. The van der Waals surface area contributed by atoms with Crippen LogP contribution >= 0.6 is 15.9 Å². The molecule has 0 unspecified atom stereocenters. The maximum Gasteiger partial charge on any atom is 0.282 e. The number of pyridine rings is 1. The summed E-state index contributed by atoms with van der Waals surface area (Å²) in [5.41, 5.74) is -1.81. The second-order valence-corrected chi connectivity index (χ2v) is 3.53. The Morgan fingerprint density at radius 2 is 2.31 bits per heavy atom. The Morgan fingerprint density at radius 1 is 1.69 bits per heavy atom. The first-order valence-corrected chi connectivity index (χ1v) is 4.75. The topological polar surface area (TPSA) is 79.8 Å². The Balaban J connectivity index is 3.48. The number of hydrogen-bond donors (Lipinski definition) is 0. The van der Waals surface area contributed by atoms with Crippen molar-refractivity contribution in [1.82, 2.24) is 4.98 Å². The van der Waals surface area contributed by atoms with Gasteiger partial charge >= 0.3 is 0 Å². The summed E-state index contributed by atoms with van der Waals surface area (Å²) >= 11 is 2.86. The van der Waals surface area contributed by atoms with Gasteiger partial charge in [-0.25, -0.2) is 13.8 Å². The Bertz CT molecular complexity index is 473. The number of nitriles is 1. The van der Waals surface area contributed by atoms with E-state index in [1.54, 1.807) is 6.07 Å². The van der Waals surface area contributed by atoms with Gasteiger partial charge in [-0.2, -0.15) is 5.26 Å². The van der Waals surface area contributed by atoms with Crippen LogP contribution in [0.25, 0.3) is 0 Å². The van der Waals surface area contributed by atoms with E-state index < -0.39 is 29.0 Å². The molecule has 5 nitrogen and oxygen atoms in total. The predicted octanol–water partition coefficient (Wildman–Crippen LogP) is 2.76. The maximum atomic E-state index is 12.6. The molecule has 8 heteroatoms. The fourth-order valence-corrected chi connectivity index (χ4v) is 1.59. The molecule has 0 saturated heterocycles. The molecule has 0 aliphatic rings. The molecule has 1 rings (SSSR count). The molecular formula is C8H4BrF2N3O2. The number of nitro groups is 1. The third-order valence-corrected chi connectivity index (χ3v) is 2.15. The summed E-state index contributed by atoms with van der Waals surface area (Å²) in [6.07, 6.45) is -3.44. The van der Waals surface area contributed by atoms with Gasteiger partial charge in [0.05, 0.1) is 23.1 Å². The van der Waals surface area contributed by atoms with Crippen molar-refractivity contribution in [1.29, 1.82) is 5.26 Å². The fraction of sp³-hybridized carbons (Fsp3) is 0.250. The zero-order valence-corrected chi connectivity index (χ0v) is 9.24. The largest absolute Gasteiger partial charge is 0.282 e. The second kappa shape index (κ2) is 4.94. The van der Waals surface area contributed by atoms with Gasteiger partial charge in [-0.3, -0.25) is 10.1 Å². The van der Waals surface area contributed by atoms with E-state index in [1.165, 1.54) is 0 Å². The van der Waals surface area contributed by atoms with E-state index >= 15 is 0 Å². The van der Waals surface area contributed by atoms with Gasteiger partial charge in [0.25, 0.3) is 12.1 Å². The van der Waals surface area contributed by atoms with Crippen molar-refractivity contribution in [3.8, 4) is 6.07 Å². The first-order valence-electron chi connectivity index (χ1n) is 3.96. The van der Waals surface area contributed by atoms with Crippen molar-refractivity contribution >= 4 is 21.6 Å². The molecule has 0 bridgehead atoms. The molecule has 0 aromatic carbocycles. The molecule has 0 spiro atoms. The number of hydrogen-bond acceptors (Lipinski definition) is 4. The number of aromatic nitrogens is 1. The van der Waals surface area contributed by atoms with Crippen LogP contribution in [0.5, 0.6) is 0 Å². The van der Waals surface area contributed by atoms with E-state index in [9.17, 15) is 18.9 Å². The van der Waals surface area contributed by atoms with Gasteiger partial charge in [-0.15, -0.1) is 0 Å². The number of rotatable bonds is 3. The molecule has 0 fully saturated rings. The zero-order chi connectivity index (χ0) is 12.3. The van der Waals surface area contributed by atoms with E-state index in [0.717, 1.165) is 6.07 Å². The molecule has 1 aromatic rings. The first-order chi connectivity index (χ1) is 7.47. The highest BCUT2D eigenvalue weighted by molar-refractivity contribution is 9.10. The Labute approximate surface area is 97.0 Å². The monoisotopic (exact) mass is 291 g/mol. The van der Waals surface area contributed by atoms with Crippen molar-refractivity contribution in [3.63, 3.8) is 0 Å². The van der Waals surface area contributed by atoms with E-state index in [4.69, 9.17) is 5.26 Å². The molecule has 0 N–H and O–H groups in total.